The van der Waals surface area contributed by atoms with Gasteiger partial charge in [0, 0.05) is 31.7 Å². The molecule has 0 saturated carbocycles. The summed E-state index contributed by atoms with van der Waals surface area (Å²) in [6.07, 6.45) is 0. The molecule has 1 aliphatic rings. The summed E-state index contributed by atoms with van der Waals surface area (Å²) in [4.78, 5) is 12.3. The fourth-order valence-corrected chi connectivity index (χ4v) is 4.48. The van der Waals surface area contributed by atoms with Crippen LogP contribution in [0.3, 0.4) is 0 Å². The van der Waals surface area contributed by atoms with Crippen molar-refractivity contribution in [2.75, 3.05) is 40.0 Å². The maximum atomic E-state index is 12.8. The number of nitro benzene ring substituents is 1. The molecule has 3 rings (SSSR count). The maximum Gasteiger partial charge on any atom is 0.289 e. The molecule has 2 aromatic rings. The Kier molecular flexibility index (Phi) is 6.80. The molecule has 2 aromatic carbocycles. The second kappa shape index (κ2) is 9.31. The van der Waals surface area contributed by atoms with Crippen LogP contribution in [0, 0.1) is 10.1 Å². The third-order valence-corrected chi connectivity index (χ3v) is 6.28. The van der Waals surface area contributed by atoms with Crippen molar-refractivity contribution >= 4 is 15.7 Å². The van der Waals surface area contributed by atoms with Crippen molar-refractivity contribution in [1.82, 2.24) is 9.62 Å². The molecule has 0 aliphatic carbocycles. The number of nitrogens with one attached hydrogen (secondary N) is 1. The van der Waals surface area contributed by atoms with Gasteiger partial charge in [0.05, 0.1) is 25.2 Å². The molecule has 1 heterocycles. The number of methoxy groups -OCH3 is 1. The van der Waals surface area contributed by atoms with Crippen LogP contribution < -0.4 is 9.46 Å². The number of para-hydroxylation sites is 1. The third-order valence-electron chi connectivity index (χ3n) is 4.81. The van der Waals surface area contributed by atoms with E-state index >= 15 is 0 Å². The van der Waals surface area contributed by atoms with Crippen LogP contribution in [0.15, 0.2) is 53.4 Å². The highest BCUT2D eigenvalue weighted by Crippen LogP contribution is 2.26. The monoisotopic (exact) mass is 421 g/mol. The highest BCUT2D eigenvalue weighted by atomic mass is 32.2. The molecule has 1 aliphatic heterocycles. The van der Waals surface area contributed by atoms with Gasteiger partial charge in [-0.25, -0.2) is 13.1 Å². The normalized spacial score (nSPS) is 16.3. The van der Waals surface area contributed by atoms with E-state index in [0.717, 1.165) is 5.56 Å². The lowest BCUT2D eigenvalue weighted by Crippen LogP contribution is -2.43. The second-order valence-corrected chi connectivity index (χ2v) is 8.25. The molecular formula is C19H23N3O6S. The van der Waals surface area contributed by atoms with Crippen LogP contribution in [0.5, 0.6) is 5.75 Å². The van der Waals surface area contributed by atoms with E-state index in [1.165, 1.54) is 24.3 Å². The van der Waals surface area contributed by atoms with Crippen molar-refractivity contribution in [1.29, 1.82) is 0 Å². The van der Waals surface area contributed by atoms with Gasteiger partial charge in [0.1, 0.15) is 5.75 Å². The van der Waals surface area contributed by atoms with Crippen molar-refractivity contribution < 1.29 is 22.8 Å². The predicted octanol–water partition coefficient (Wildman–Crippen LogP) is 1.96. The minimum atomic E-state index is -4.06. The zero-order chi connectivity index (χ0) is 20.9. The van der Waals surface area contributed by atoms with Gasteiger partial charge in [-0.1, -0.05) is 24.3 Å². The lowest BCUT2D eigenvalue weighted by Gasteiger charge is -2.35. The zero-order valence-electron chi connectivity index (χ0n) is 16.0. The van der Waals surface area contributed by atoms with Gasteiger partial charge in [0.2, 0.25) is 10.0 Å². The van der Waals surface area contributed by atoms with E-state index in [4.69, 9.17) is 9.47 Å². The molecule has 0 radical (unpaired) electrons. The molecule has 0 amide bonds. The first-order chi connectivity index (χ1) is 13.9. The van der Waals surface area contributed by atoms with Crippen molar-refractivity contribution in [2.24, 2.45) is 0 Å². The van der Waals surface area contributed by atoms with E-state index in [1.54, 1.807) is 7.11 Å². The van der Waals surface area contributed by atoms with E-state index in [2.05, 4.69) is 9.62 Å². The molecule has 0 spiro atoms. The number of sulfonamides is 1. The largest absolute Gasteiger partial charge is 0.497 e. The van der Waals surface area contributed by atoms with Crippen LogP contribution in [-0.2, 0) is 14.8 Å². The van der Waals surface area contributed by atoms with E-state index < -0.39 is 20.6 Å². The summed E-state index contributed by atoms with van der Waals surface area (Å²) in [5.74, 6) is 0.704. The van der Waals surface area contributed by atoms with Gasteiger partial charge in [-0.15, -0.1) is 0 Å². The van der Waals surface area contributed by atoms with Gasteiger partial charge in [-0.2, -0.15) is 0 Å². The average molecular weight is 421 g/mol. The summed E-state index contributed by atoms with van der Waals surface area (Å²) in [6.45, 7) is 2.50. The zero-order valence-corrected chi connectivity index (χ0v) is 16.8. The molecular weight excluding hydrogens is 398 g/mol. The Morgan fingerprint density at radius 3 is 2.45 bits per heavy atom. The van der Waals surface area contributed by atoms with Crippen molar-refractivity contribution in [3.63, 3.8) is 0 Å². The van der Waals surface area contributed by atoms with Crippen LogP contribution in [0.1, 0.15) is 11.6 Å². The van der Waals surface area contributed by atoms with E-state index in [-0.39, 0.29) is 17.5 Å². The molecule has 1 N–H and O–H groups in total. The summed E-state index contributed by atoms with van der Waals surface area (Å²) in [6, 6.07) is 12.5. The molecule has 10 heteroatoms. The Balaban J connectivity index is 1.85. The molecule has 0 aromatic heterocycles. The van der Waals surface area contributed by atoms with Crippen molar-refractivity contribution in [3.8, 4) is 5.75 Å². The number of morpholine rings is 1. The maximum absolute atomic E-state index is 12.8. The van der Waals surface area contributed by atoms with Crippen LogP contribution in [-0.4, -0.2) is 58.2 Å². The lowest BCUT2D eigenvalue weighted by molar-refractivity contribution is -0.387. The highest BCUT2D eigenvalue weighted by Gasteiger charge is 2.28. The summed E-state index contributed by atoms with van der Waals surface area (Å²) in [5.41, 5.74) is 0.463. The SMILES string of the molecule is COc1ccc(C(CNS(=O)(=O)c2ccccc2[N+](=O)[O-])N2CCOCC2)cc1. The standard InChI is InChI=1S/C19H23N3O6S/c1-27-16-8-6-15(7-9-16)18(21-10-12-28-13-11-21)14-20-29(25,26)19-5-3-2-4-17(19)22(23)24/h2-9,18,20H,10-14H2,1H3. The predicted molar refractivity (Wildman–Crippen MR) is 106 cm³/mol. The smallest absolute Gasteiger partial charge is 0.289 e. The van der Waals surface area contributed by atoms with Gasteiger partial charge >= 0.3 is 0 Å². The Morgan fingerprint density at radius 2 is 1.83 bits per heavy atom. The molecule has 1 unspecified atom stereocenters. The lowest BCUT2D eigenvalue weighted by atomic mass is 10.0. The van der Waals surface area contributed by atoms with Gasteiger partial charge in [0.15, 0.2) is 4.90 Å². The Hall–Kier alpha value is -2.53. The van der Waals surface area contributed by atoms with Gasteiger partial charge in [-0.05, 0) is 23.8 Å². The summed E-state index contributed by atoms with van der Waals surface area (Å²) in [7, 11) is -2.49. The van der Waals surface area contributed by atoms with Crippen molar-refractivity contribution in [2.45, 2.75) is 10.9 Å². The Morgan fingerprint density at radius 1 is 1.17 bits per heavy atom. The first-order valence-electron chi connectivity index (χ1n) is 9.11. The summed E-state index contributed by atoms with van der Waals surface area (Å²) < 4.78 is 38.7. The van der Waals surface area contributed by atoms with Crippen LogP contribution >= 0.6 is 0 Å². The number of nitrogens with zero attached hydrogens (tertiary/aromatic N) is 2. The molecule has 29 heavy (non-hydrogen) atoms. The van der Waals surface area contributed by atoms with Gasteiger partial charge < -0.3 is 9.47 Å². The Labute approximate surface area is 169 Å². The van der Waals surface area contributed by atoms with E-state index in [1.807, 2.05) is 24.3 Å². The number of hydrogen-bond acceptors (Lipinski definition) is 7. The molecule has 1 fully saturated rings. The topological polar surface area (TPSA) is 111 Å². The van der Waals surface area contributed by atoms with Crippen molar-refractivity contribution in [3.05, 3.63) is 64.2 Å². The first-order valence-corrected chi connectivity index (χ1v) is 10.6. The van der Waals surface area contributed by atoms with Crippen LogP contribution in [0.4, 0.5) is 5.69 Å². The second-order valence-electron chi connectivity index (χ2n) is 6.51. The number of ether oxygens (including phenoxy) is 2. The quantitative estimate of drug-likeness (QED) is 0.512. The molecule has 1 atom stereocenters. The number of benzene rings is 2. The molecule has 1 saturated heterocycles. The summed E-state index contributed by atoms with van der Waals surface area (Å²) in [5, 5.41) is 11.2. The third kappa shape index (κ3) is 5.10. The Bertz CT molecular complexity index is 943. The number of rotatable bonds is 8. The van der Waals surface area contributed by atoms with Gasteiger partial charge in [-0.3, -0.25) is 15.0 Å². The molecule has 156 valence electrons. The van der Waals surface area contributed by atoms with E-state index in [0.29, 0.717) is 32.1 Å². The average Bonchev–Trinajstić information content (AvgIpc) is 2.75. The summed E-state index contributed by atoms with van der Waals surface area (Å²) >= 11 is 0. The minimum absolute atomic E-state index is 0.0701. The fourth-order valence-electron chi connectivity index (χ4n) is 3.27. The van der Waals surface area contributed by atoms with E-state index in [9.17, 15) is 18.5 Å². The number of nitro groups is 1. The highest BCUT2D eigenvalue weighted by molar-refractivity contribution is 7.89. The molecule has 9 nitrogen and oxygen atoms in total. The first kappa shape index (κ1) is 21.2. The van der Waals surface area contributed by atoms with Gasteiger partial charge in [0.25, 0.3) is 5.69 Å². The fraction of sp³-hybridized carbons (Fsp3) is 0.368. The minimum Gasteiger partial charge on any atom is -0.497 e. The number of hydrogen-bond donors (Lipinski definition) is 1. The van der Waals surface area contributed by atoms with Crippen LogP contribution in [0.25, 0.3) is 0 Å². The van der Waals surface area contributed by atoms with Crippen LogP contribution in [0.2, 0.25) is 0 Å². The molecule has 0 bridgehead atoms.